The standard InChI is InChI=1S/C29H34ClN3O5S/c1-29(2,3)21-13-11-20(12-14-21)28(35)32-23-9-6-8-22(18-23)31-27(34)10-7-17-33(39(5,36)37)24-15-16-26(38-4)25(30)19-24/h6,8-9,11-16,18-19H,7,10,17H2,1-5H3,(H,31,34)(H,32,35). The molecule has 0 fully saturated rings. The fourth-order valence-corrected chi connectivity index (χ4v) is 5.11. The lowest BCUT2D eigenvalue weighted by molar-refractivity contribution is -0.116. The van der Waals surface area contributed by atoms with Gasteiger partial charge in [0, 0.05) is 29.9 Å². The topological polar surface area (TPSA) is 105 Å². The molecule has 0 aliphatic rings. The molecule has 10 heteroatoms. The molecule has 208 valence electrons. The first-order chi connectivity index (χ1) is 18.3. The predicted molar refractivity (Wildman–Crippen MR) is 158 cm³/mol. The summed E-state index contributed by atoms with van der Waals surface area (Å²) in [6, 6.07) is 19.0. The van der Waals surface area contributed by atoms with E-state index < -0.39 is 10.0 Å². The molecule has 0 saturated carbocycles. The zero-order valence-electron chi connectivity index (χ0n) is 22.7. The Morgan fingerprint density at radius 2 is 1.59 bits per heavy atom. The van der Waals surface area contributed by atoms with Crippen molar-refractivity contribution in [2.75, 3.05) is 34.8 Å². The number of carbonyl (C=O) groups excluding carboxylic acids is 2. The van der Waals surface area contributed by atoms with E-state index in [0.717, 1.165) is 11.8 Å². The first-order valence-corrected chi connectivity index (χ1v) is 14.6. The molecule has 0 saturated heterocycles. The van der Waals surface area contributed by atoms with Gasteiger partial charge in [-0.2, -0.15) is 0 Å². The second kappa shape index (κ2) is 12.5. The summed E-state index contributed by atoms with van der Waals surface area (Å²) in [5, 5.41) is 5.94. The van der Waals surface area contributed by atoms with Crippen molar-refractivity contribution >= 4 is 50.5 Å². The number of amides is 2. The number of nitrogens with one attached hydrogen (secondary N) is 2. The van der Waals surface area contributed by atoms with Gasteiger partial charge in [0.05, 0.1) is 24.1 Å². The average molecular weight is 572 g/mol. The van der Waals surface area contributed by atoms with Crippen LogP contribution in [0, 0.1) is 0 Å². The number of benzene rings is 3. The number of ether oxygens (including phenoxy) is 1. The largest absolute Gasteiger partial charge is 0.495 e. The Bertz CT molecular complexity index is 1430. The summed E-state index contributed by atoms with van der Waals surface area (Å²) < 4.78 is 31.1. The Hall–Kier alpha value is -3.56. The lowest BCUT2D eigenvalue weighted by Gasteiger charge is -2.23. The number of hydrogen-bond acceptors (Lipinski definition) is 5. The summed E-state index contributed by atoms with van der Waals surface area (Å²) in [6.07, 6.45) is 1.47. The van der Waals surface area contributed by atoms with Gasteiger partial charge >= 0.3 is 0 Å². The van der Waals surface area contributed by atoms with E-state index in [2.05, 4.69) is 31.4 Å². The van der Waals surface area contributed by atoms with Crippen molar-refractivity contribution in [1.29, 1.82) is 0 Å². The Kier molecular flexibility index (Phi) is 9.63. The third kappa shape index (κ3) is 8.46. The van der Waals surface area contributed by atoms with Gasteiger partial charge in [-0.25, -0.2) is 8.42 Å². The van der Waals surface area contributed by atoms with E-state index in [4.69, 9.17) is 16.3 Å². The van der Waals surface area contributed by atoms with Gasteiger partial charge in [0.1, 0.15) is 5.75 Å². The Morgan fingerprint density at radius 3 is 2.15 bits per heavy atom. The molecular weight excluding hydrogens is 538 g/mol. The van der Waals surface area contributed by atoms with Crippen LogP contribution in [0.1, 0.15) is 49.5 Å². The minimum Gasteiger partial charge on any atom is -0.495 e. The highest BCUT2D eigenvalue weighted by atomic mass is 35.5. The van der Waals surface area contributed by atoms with E-state index >= 15 is 0 Å². The summed E-state index contributed by atoms with van der Waals surface area (Å²) in [5.41, 5.74) is 3.11. The fourth-order valence-electron chi connectivity index (χ4n) is 3.90. The number of methoxy groups -OCH3 is 1. The molecule has 2 N–H and O–H groups in total. The van der Waals surface area contributed by atoms with E-state index in [1.165, 1.54) is 17.5 Å². The summed E-state index contributed by atoms with van der Waals surface area (Å²) >= 11 is 6.16. The summed E-state index contributed by atoms with van der Waals surface area (Å²) in [7, 11) is -2.12. The van der Waals surface area contributed by atoms with E-state index in [1.807, 2.05) is 12.1 Å². The van der Waals surface area contributed by atoms with Crippen molar-refractivity contribution in [3.8, 4) is 5.75 Å². The summed E-state index contributed by atoms with van der Waals surface area (Å²) in [4.78, 5) is 25.3. The molecule has 3 rings (SSSR count). The van der Waals surface area contributed by atoms with Crippen LogP contribution in [0.5, 0.6) is 5.75 Å². The quantitative estimate of drug-likeness (QED) is 0.307. The van der Waals surface area contributed by atoms with Crippen molar-refractivity contribution in [3.05, 3.63) is 82.9 Å². The number of anilines is 3. The Morgan fingerprint density at radius 1 is 0.949 bits per heavy atom. The maximum Gasteiger partial charge on any atom is 0.255 e. The number of nitrogens with zero attached hydrogens (tertiary/aromatic N) is 1. The molecule has 0 aliphatic heterocycles. The molecule has 0 heterocycles. The molecule has 0 spiro atoms. The van der Waals surface area contributed by atoms with Crippen molar-refractivity contribution in [3.63, 3.8) is 0 Å². The fraction of sp³-hybridized carbons (Fsp3) is 0.310. The van der Waals surface area contributed by atoms with Gasteiger partial charge in [0.2, 0.25) is 15.9 Å². The van der Waals surface area contributed by atoms with Crippen LogP contribution in [0.15, 0.2) is 66.7 Å². The molecule has 0 radical (unpaired) electrons. The van der Waals surface area contributed by atoms with Gasteiger partial charge in [-0.3, -0.25) is 13.9 Å². The Labute approximate surface area is 235 Å². The molecule has 0 aromatic heterocycles. The molecule has 3 aromatic rings. The Balaban J connectivity index is 1.58. The second-order valence-corrected chi connectivity index (χ2v) is 12.5. The normalized spacial score (nSPS) is 11.5. The highest BCUT2D eigenvalue weighted by Gasteiger charge is 2.19. The molecule has 8 nitrogen and oxygen atoms in total. The van der Waals surface area contributed by atoms with Crippen LogP contribution in [-0.4, -0.2) is 40.1 Å². The summed E-state index contributed by atoms with van der Waals surface area (Å²) in [6.45, 7) is 6.43. The van der Waals surface area contributed by atoms with Gasteiger partial charge in [0.25, 0.3) is 5.91 Å². The van der Waals surface area contributed by atoms with Crippen molar-refractivity contribution in [2.45, 2.75) is 39.0 Å². The van der Waals surface area contributed by atoms with Crippen LogP contribution in [0.2, 0.25) is 5.02 Å². The van der Waals surface area contributed by atoms with Crippen molar-refractivity contribution in [1.82, 2.24) is 0 Å². The van der Waals surface area contributed by atoms with Crippen LogP contribution in [0.3, 0.4) is 0 Å². The van der Waals surface area contributed by atoms with E-state index in [9.17, 15) is 18.0 Å². The maximum atomic E-state index is 12.7. The molecule has 0 bridgehead atoms. The van der Waals surface area contributed by atoms with E-state index in [1.54, 1.807) is 48.5 Å². The monoisotopic (exact) mass is 571 g/mol. The van der Waals surface area contributed by atoms with Gasteiger partial charge in [0.15, 0.2) is 0 Å². The van der Waals surface area contributed by atoms with Crippen LogP contribution in [0.25, 0.3) is 0 Å². The predicted octanol–water partition coefficient (Wildman–Crippen LogP) is 6.08. The SMILES string of the molecule is COc1ccc(N(CCCC(=O)Nc2cccc(NC(=O)c3ccc(C(C)(C)C)cc3)c2)S(C)(=O)=O)cc1Cl. The zero-order valence-corrected chi connectivity index (χ0v) is 24.3. The second-order valence-electron chi connectivity index (χ2n) is 10.2. The lowest BCUT2D eigenvalue weighted by atomic mass is 9.87. The van der Waals surface area contributed by atoms with Crippen LogP contribution >= 0.6 is 11.6 Å². The smallest absolute Gasteiger partial charge is 0.255 e. The molecule has 0 atom stereocenters. The van der Waals surface area contributed by atoms with Crippen LogP contribution in [-0.2, 0) is 20.2 Å². The third-order valence-corrected chi connectivity index (χ3v) is 7.50. The molecule has 2 amide bonds. The number of rotatable bonds is 10. The molecule has 3 aromatic carbocycles. The number of sulfonamides is 1. The number of halogens is 1. The third-order valence-electron chi connectivity index (χ3n) is 6.01. The van der Waals surface area contributed by atoms with Gasteiger partial charge in [-0.1, -0.05) is 50.6 Å². The summed E-state index contributed by atoms with van der Waals surface area (Å²) in [5.74, 6) is -0.0963. The first-order valence-electron chi connectivity index (χ1n) is 12.4. The molecule has 39 heavy (non-hydrogen) atoms. The maximum absolute atomic E-state index is 12.7. The van der Waals surface area contributed by atoms with Gasteiger partial charge in [-0.05, 0) is 65.9 Å². The zero-order chi connectivity index (χ0) is 28.8. The van der Waals surface area contributed by atoms with Gasteiger partial charge < -0.3 is 15.4 Å². The average Bonchev–Trinajstić information content (AvgIpc) is 2.85. The van der Waals surface area contributed by atoms with E-state index in [-0.39, 0.29) is 41.6 Å². The highest BCUT2D eigenvalue weighted by Crippen LogP contribution is 2.30. The van der Waals surface area contributed by atoms with Crippen molar-refractivity contribution < 1.29 is 22.7 Å². The highest BCUT2D eigenvalue weighted by molar-refractivity contribution is 7.92. The molecule has 0 unspecified atom stereocenters. The van der Waals surface area contributed by atoms with Crippen molar-refractivity contribution in [2.24, 2.45) is 0 Å². The molecular formula is C29H34ClN3O5S. The minimum atomic E-state index is -3.60. The molecule has 0 aliphatic carbocycles. The van der Waals surface area contributed by atoms with Crippen LogP contribution < -0.4 is 19.7 Å². The van der Waals surface area contributed by atoms with E-state index in [0.29, 0.717) is 28.4 Å². The van der Waals surface area contributed by atoms with Crippen LogP contribution in [0.4, 0.5) is 17.1 Å². The number of hydrogen-bond donors (Lipinski definition) is 2. The first kappa shape index (κ1) is 30.0. The lowest BCUT2D eigenvalue weighted by Crippen LogP contribution is -2.31. The van der Waals surface area contributed by atoms with Gasteiger partial charge in [-0.15, -0.1) is 0 Å². The number of carbonyl (C=O) groups is 2. The minimum absolute atomic E-state index is 0.00592.